The molecule has 2 saturated heterocycles. The number of aromatic nitrogens is 2. The summed E-state index contributed by atoms with van der Waals surface area (Å²) < 4.78 is 13.1. The van der Waals surface area contributed by atoms with E-state index in [4.69, 9.17) is 44.3 Å². The highest BCUT2D eigenvalue weighted by molar-refractivity contribution is 7.22. The number of thiazole rings is 2. The normalized spacial score (nSPS) is 16.2. The van der Waals surface area contributed by atoms with E-state index in [2.05, 4.69) is 20.2 Å². The predicted octanol–water partition coefficient (Wildman–Crippen LogP) is 6.00. The van der Waals surface area contributed by atoms with Crippen molar-refractivity contribution in [2.75, 3.05) is 57.5 Å². The van der Waals surface area contributed by atoms with Gasteiger partial charge in [-0.05, 0) is 36.4 Å². The summed E-state index contributed by atoms with van der Waals surface area (Å²) in [6, 6.07) is 11.4. The summed E-state index contributed by atoms with van der Waals surface area (Å²) in [5.41, 5.74) is 1.85. The monoisotopic (exact) mass is 544 g/mol. The minimum absolute atomic E-state index is 0.558. The molecule has 0 amide bonds. The number of nitrogens with zero attached hydrogens (tertiary/aromatic N) is 3. The molecule has 2 aliphatic heterocycles. The molecule has 176 valence electrons. The molecular weight excluding hydrogens is 523 g/mol. The summed E-state index contributed by atoms with van der Waals surface area (Å²) in [5, 5.41) is 5.67. The summed E-state index contributed by atoms with van der Waals surface area (Å²) in [4.78, 5) is 10.9. The molecule has 2 aliphatic rings. The molecule has 0 spiro atoms. The minimum atomic E-state index is 0.558. The molecule has 0 radical (unpaired) electrons. The minimum Gasteiger partial charge on any atom is -0.379 e. The lowest BCUT2D eigenvalue weighted by Crippen LogP contribution is -2.36. The van der Waals surface area contributed by atoms with Crippen molar-refractivity contribution in [2.24, 2.45) is 0 Å². The molecule has 6 nitrogen and oxygen atoms in total. The zero-order valence-electron chi connectivity index (χ0n) is 17.7. The van der Waals surface area contributed by atoms with Gasteiger partial charge in [0.2, 0.25) is 0 Å². The number of nitrogens with one attached hydrogen (secondary N) is 1. The third-order valence-corrected chi connectivity index (χ3v) is 7.50. The van der Waals surface area contributed by atoms with Crippen LogP contribution in [0.4, 0.5) is 5.13 Å². The van der Waals surface area contributed by atoms with Crippen LogP contribution in [0.25, 0.3) is 20.4 Å². The van der Waals surface area contributed by atoms with E-state index in [1.54, 1.807) is 17.4 Å². The molecule has 2 fully saturated rings. The summed E-state index contributed by atoms with van der Waals surface area (Å²) in [6.07, 6.45) is 0. The van der Waals surface area contributed by atoms with Gasteiger partial charge in [-0.3, -0.25) is 0 Å². The van der Waals surface area contributed by atoms with Gasteiger partial charge in [0.25, 0.3) is 0 Å². The van der Waals surface area contributed by atoms with Crippen LogP contribution in [0.3, 0.4) is 0 Å². The van der Waals surface area contributed by atoms with Crippen LogP contribution in [0.15, 0.2) is 36.4 Å². The molecule has 0 aliphatic carbocycles. The van der Waals surface area contributed by atoms with Crippen molar-refractivity contribution in [2.45, 2.75) is 0 Å². The first kappa shape index (κ1) is 24.9. The highest BCUT2D eigenvalue weighted by atomic mass is 35.5. The molecule has 0 unspecified atom stereocenters. The fraction of sp³-hybridized carbons (Fsp3) is 0.364. The Kier molecular flexibility index (Phi) is 9.40. The highest BCUT2D eigenvalue weighted by Crippen LogP contribution is 2.31. The number of halogens is 3. The summed E-state index contributed by atoms with van der Waals surface area (Å²) in [6.45, 7) is 7.26. The van der Waals surface area contributed by atoms with Crippen molar-refractivity contribution >= 4 is 83.0 Å². The maximum atomic E-state index is 5.94. The van der Waals surface area contributed by atoms with Crippen molar-refractivity contribution in [3.63, 3.8) is 0 Å². The average Bonchev–Trinajstić information content (AvgIpc) is 3.43. The lowest BCUT2D eigenvalue weighted by Gasteiger charge is -2.25. The molecule has 6 rings (SSSR count). The van der Waals surface area contributed by atoms with E-state index in [0.29, 0.717) is 9.49 Å². The first-order valence-electron chi connectivity index (χ1n) is 10.5. The Hall–Kier alpha value is -1.23. The second-order valence-electron chi connectivity index (χ2n) is 7.15. The van der Waals surface area contributed by atoms with Crippen molar-refractivity contribution in [3.05, 3.63) is 50.9 Å². The van der Waals surface area contributed by atoms with E-state index in [-0.39, 0.29) is 0 Å². The van der Waals surface area contributed by atoms with Crippen LogP contribution in [0.2, 0.25) is 14.5 Å². The van der Waals surface area contributed by atoms with Gasteiger partial charge in [0.05, 0.1) is 46.9 Å². The van der Waals surface area contributed by atoms with Crippen LogP contribution >= 0.6 is 57.5 Å². The molecular formula is C22H23Cl3N4O2S2. The number of hydrogen-bond acceptors (Lipinski definition) is 8. The molecule has 1 N–H and O–H groups in total. The SMILES string of the molecule is C1COCCN1.Clc1ccc2sc(Cl)nc2c1.Clc1ccc2sc(N3CCOCC3)nc2c1. The Morgan fingerprint density at radius 1 is 0.758 bits per heavy atom. The van der Waals surface area contributed by atoms with Crippen LogP contribution in [0, 0.1) is 0 Å². The molecule has 4 aromatic rings. The summed E-state index contributed by atoms with van der Waals surface area (Å²) in [5.74, 6) is 0. The van der Waals surface area contributed by atoms with Crippen LogP contribution in [0.5, 0.6) is 0 Å². The van der Waals surface area contributed by atoms with Gasteiger partial charge in [-0.25, -0.2) is 9.97 Å². The van der Waals surface area contributed by atoms with Crippen molar-refractivity contribution in [3.8, 4) is 0 Å². The zero-order chi connectivity index (χ0) is 23.0. The number of hydrogen-bond donors (Lipinski definition) is 1. The number of morpholine rings is 2. The Balaban J connectivity index is 0.000000132. The van der Waals surface area contributed by atoms with E-state index >= 15 is 0 Å². The molecule has 2 aromatic carbocycles. The lowest BCUT2D eigenvalue weighted by atomic mass is 10.3. The van der Waals surface area contributed by atoms with Crippen molar-refractivity contribution < 1.29 is 9.47 Å². The molecule has 0 bridgehead atoms. The molecule has 0 saturated carbocycles. The van der Waals surface area contributed by atoms with Crippen molar-refractivity contribution in [1.29, 1.82) is 0 Å². The smallest absolute Gasteiger partial charge is 0.186 e. The van der Waals surface area contributed by atoms with E-state index < -0.39 is 0 Å². The number of anilines is 1. The predicted molar refractivity (Wildman–Crippen MR) is 141 cm³/mol. The maximum absolute atomic E-state index is 5.94. The van der Waals surface area contributed by atoms with Crippen LogP contribution < -0.4 is 10.2 Å². The number of benzene rings is 2. The van der Waals surface area contributed by atoms with Gasteiger partial charge in [0, 0.05) is 36.2 Å². The fourth-order valence-corrected chi connectivity index (χ4v) is 5.51. The van der Waals surface area contributed by atoms with Crippen LogP contribution in [0.1, 0.15) is 0 Å². The Labute approximate surface area is 215 Å². The fourth-order valence-electron chi connectivity index (χ4n) is 3.17. The standard InChI is InChI=1S/C11H11ClN2OS.C7H3Cl2NS.C4H9NO/c12-8-1-2-10-9(7-8)13-11(16-10)14-3-5-15-6-4-14;8-4-1-2-6-5(3-4)10-7(9)11-6;1-3-6-4-2-5-1/h1-2,7H,3-6H2;1-3H;5H,1-4H2. The zero-order valence-corrected chi connectivity index (χ0v) is 21.6. The third kappa shape index (κ3) is 7.37. The van der Waals surface area contributed by atoms with Crippen LogP contribution in [-0.2, 0) is 9.47 Å². The Bertz CT molecular complexity index is 1170. The summed E-state index contributed by atoms with van der Waals surface area (Å²) >= 11 is 20.6. The van der Waals surface area contributed by atoms with Gasteiger partial charge in [0.15, 0.2) is 9.60 Å². The van der Waals surface area contributed by atoms with Crippen molar-refractivity contribution in [1.82, 2.24) is 15.3 Å². The second-order valence-corrected chi connectivity index (χ2v) is 10.6. The largest absolute Gasteiger partial charge is 0.379 e. The van der Waals surface area contributed by atoms with E-state index in [0.717, 1.165) is 78.5 Å². The molecule has 2 aromatic heterocycles. The topological polar surface area (TPSA) is 59.5 Å². The van der Waals surface area contributed by atoms with Gasteiger partial charge < -0.3 is 19.7 Å². The van der Waals surface area contributed by atoms with Gasteiger partial charge >= 0.3 is 0 Å². The third-order valence-electron chi connectivity index (χ3n) is 4.79. The molecule has 11 heteroatoms. The second kappa shape index (κ2) is 12.5. The molecule has 0 atom stereocenters. The van der Waals surface area contributed by atoms with E-state index in [1.165, 1.54) is 16.0 Å². The van der Waals surface area contributed by atoms with E-state index in [1.807, 2.05) is 30.3 Å². The Morgan fingerprint density at radius 2 is 1.33 bits per heavy atom. The number of rotatable bonds is 1. The first-order valence-corrected chi connectivity index (χ1v) is 13.2. The van der Waals surface area contributed by atoms with E-state index in [9.17, 15) is 0 Å². The molecule has 33 heavy (non-hydrogen) atoms. The van der Waals surface area contributed by atoms with Gasteiger partial charge in [0.1, 0.15) is 0 Å². The first-order chi connectivity index (χ1) is 16.1. The highest BCUT2D eigenvalue weighted by Gasteiger charge is 2.15. The lowest BCUT2D eigenvalue weighted by molar-refractivity contribution is 0.109. The molecule has 4 heterocycles. The summed E-state index contributed by atoms with van der Waals surface area (Å²) in [7, 11) is 0. The number of fused-ring (bicyclic) bond motifs is 2. The van der Waals surface area contributed by atoms with Crippen LogP contribution in [-0.4, -0.2) is 62.6 Å². The quantitative estimate of drug-likeness (QED) is 0.317. The van der Waals surface area contributed by atoms with Gasteiger partial charge in [-0.2, -0.15) is 0 Å². The van der Waals surface area contributed by atoms with Gasteiger partial charge in [-0.15, -0.1) is 11.3 Å². The van der Waals surface area contributed by atoms with Gasteiger partial charge in [-0.1, -0.05) is 46.1 Å². The number of ether oxygens (including phenoxy) is 2. The average molecular weight is 546 g/mol. The Morgan fingerprint density at radius 3 is 1.91 bits per heavy atom. The maximum Gasteiger partial charge on any atom is 0.186 e.